The zero-order valence-electron chi connectivity index (χ0n) is 12.2. The first-order valence-corrected chi connectivity index (χ1v) is 8.25. The van der Waals surface area contributed by atoms with E-state index >= 15 is 0 Å². The molecule has 0 unspecified atom stereocenters. The van der Waals surface area contributed by atoms with Crippen molar-refractivity contribution in [1.82, 2.24) is 5.16 Å². The van der Waals surface area contributed by atoms with Crippen molar-refractivity contribution in [2.24, 2.45) is 0 Å². The summed E-state index contributed by atoms with van der Waals surface area (Å²) < 4.78 is 5.40. The van der Waals surface area contributed by atoms with Crippen molar-refractivity contribution in [2.45, 2.75) is 0 Å². The molecule has 0 aliphatic heterocycles. The third-order valence-corrected chi connectivity index (χ3v) is 4.15. The standard InChI is InChI=1S/C17H11Cl3N2O2/c18-9-16(23)21-11-4-1-3-10(7-11)15-8-14(22-24-15)17-12(19)5-2-6-13(17)20/h1-8H,9H2,(H,21,23). The molecule has 1 amide bonds. The second kappa shape index (κ2) is 7.26. The van der Waals surface area contributed by atoms with E-state index in [-0.39, 0.29) is 11.8 Å². The number of rotatable bonds is 4. The zero-order chi connectivity index (χ0) is 17.1. The number of benzene rings is 2. The molecule has 122 valence electrons. The molecule has 1 heterocycles. The van der Waals surface area contributed by atoms with E-state index in [0.29, 0.717) is 32.8 Å². The summed E-state index contributed by atoms with van der Waals surface area (Å²) in [6.07, 6.45) is 0. The minimum absolute atomic E-state index is 0.109. The Hall–Kier alpha value is -2.01. The number of alkyl halides is 1. The molecule has 0 fully saturated rings. The molecule has 4 nitrogen and oxygen atoms in total. The molecule has 24 heavy (non-hydrogen) atoms. The average molecular weight is 382 g/mol. The van der Waals surface area contributed by atoms with E-state index in [1.165, 1.54) is 0 Å². The number of anilines is 1. The molecule has 0 atom stereocenters. The Morgan fingerprint density at radius 2 is 1.79 bits per heavy atom. The summed E-state index contributed by atoms with van der Waals surface area (Å²) in [7, 11) is 0. The maximum atomic E-state index is 11.4. The number of nitrogens with one attached hydrogen (secondary N) is 1. The Morgan fingerprint density at radius 3 is 2.50 bits per heavy atom. The fourth-order valence-electron chi connectivity index (χ4n) is 2.22. The third-order valence-electron chi connectivity index (χ3n) is 3.28. The summed E-state index contributed by atoms with van der Waals surface area (Å²) in [4.78, 5) is 11.4. The van der Waals surface area contributed by atoms with Gasteiger partial charge < -0.3 is 9.84 Å². The summed E-state index contributed by atoms with van der Waals surface area (Å²) >= 11 is 17.9. The maximum absolute atomic E-state index is 11.4. The first-order chi connectivity index (χ1) is 11.6. The lowest BCUT2D eigenvalue weighted by Crippen LogP contribution is -2.12. The Morgan fingerprint density at radius 1 is 1.08 bits per heavy atom. The number of hydrogen-bond donors (Lipinski definition) is 1. The van der Waals surface area contributed by atoms with Gasteiger partial charge in [-0.3, -0.25) is 4.79 Å². The highest BCUT2D eigenvalue weighted by Gasteiger charge is 2.14. The fraction of sp³-hybridized carbons (Fsp3) is 0.0588. The van der Waals surface area contributed by atoms with Crippen molar-refractivity contribution in [3.05, 3.63) is 58.6 Å². The zero-order valence-corrected chi connectivity index (χ0v) is 14.5. The van der Waals surface area contributed by atoms with Crippen LogP contribution in [-0.2, 0) is 4.79 Å². The highest BCUT2D eigenvalue weighted by molar-refractivity contribution is 6.39. The van der Waals surface area contributed by atoms with E-state index in [4.69, 9.17) is 39.3 Å². The number of nitrogens with zero attached hydrogens (tertiary/aromatic N) is 1. The third kappa shape index (κ3) is 3.56. The van der Waals surface area contributed by atoms with Gasteiger partial charge in [-0.2, -0.15) is 0 Å². The normalized spacial score (nSPS) is 10.6. The second-order valence-electron chi connectivity index (χ2n) is 4.94. The van der Waals surface area contributed by atoms with Gasteiger partial charge in [0.2, 0.25) is 5.91 Å². The van der Waals surface area contributed by atoms with Crippen LogP contribution < -0.4 is 5.32 Å². The Labute approximate surface area is 153 Å². The second-order valence-corrected chi connectivity index (χ2v) is 6.02. The molecule has 1 aromatic heterocycles. The lowest BCUT2D eigenvalue weighted by molar-refractivity contribution is -0.113. The van der Waals surface area contributed by atoms with Gasteiger partial charge in [-0.05, 0) is 24.3 Å². The van der Waals surface area contributed by atoms with Gasteiger partial charge >= 0.3 is 0 Å². The van der Waals surface area contributed by atoms with Crippen molar-refractivity contribution in [3.8, 4) is 22.6 Å². The SMILES string of the molecule is O=C(CCl)Nc1cccc(-c2cc(-c3c(Cl)cccc3Cl)no2)c1. The average Bonchev–Trinajstić information content (AvgIpc) is 3.04. The van der Waals surface area contributed by atoms with E-state index in [1.807, 2.05) is 6.07 Å². The number of aromatic nitrogens is 1. The van der Waals surface area contributed by atoms with Crippen molar-refractivity contribution in [2.75, 3.05) is 11.2 Å². The molecule has 0 radical (unpaired) electrons. The minimum atomic E-state index is -0.282. The smallest absolute Gasteiger partial charge is 0.239 e. The monoisotopic (exact) mass is 380 g/mol. The molecule has 0 aliphatic carbocycles. The molecule has 7 heteroatoms. The minimum Gasteiger partial charge on any atom is -0.356 e. The molecule has 2 aromatic carbocycles. The Balaban J connectivity index is 1.94. The summed E-state index contributed by atoms with van der Waals surface area (Å²) in [6.45, 7) is 0. The lowest BCUT2D eigenvalue weighted by atomic mass is 10.1. The van der Waals surface area contributed by atoms with Crippen LogP contribution in [0.2, 0.25) is 10.0 Å². The van der Waals surface area contributed by atoms with Gasteiger partial charge in [0.25, 0.3) is 0 Å². The van der Waals surface area contributed by atoms with Gasteiger partial charge in [0, 0.05) is 22.9 Å². The number of carbonyl (C=O) groups excluding carboxylic acids is 1. The summed E-state index contributed by atoms with van der Waals surface area (Å²) in [5.74, 6) is 0.139. The first kappa shape index (κ1) is 16.8. The summed E-state index contributed by atoms with van der Waals surface area (Å²) in [6, 6.07) is 14.1. The molecule has 0 aliphatic rings. The first-order valence-electron chi connectivity index (χ1n) is 6.96. The van der Waals surface area contributed by atoms with Crippen LogP contribution >= 0.6 is 34.8 Å². The Kier molecular flexibility index (Phi) is 5.09. The largest absolute Gasteiger partial charge is 0.356 e. The molecule has 0 saturated carbocycles. The highest BCUT2D eigenvalue weighted by atomic mass is 35.5. The molecular formula is C17H11Cl3N2O2. The van der Waals surface area contributed by atoms with Crippen LogP contribution in [0.25, 0.3) is 22.6 Å². The number of amides is 1. The van der Waals surface area contributed by atoms with Crippen LogP contribution in [-0.4, -0.2) is 16.9 Å². The molecular weight excluding hydrogens is 371 g/mol. The van der Waals surface area contributed by atoms with Crippen LogP contribution in [0.5, 0.6) is 0 Å². The molecule has 0 bridgehead atoms. The molecule has 1 N–H and O–H groups in total. The van der Waals surface area contributed by atoms with E-state index in [9.17, 15) is 4.79 Å². The van der Waals surface area contributed by atoms with Gasteiger partial charge in [-0.15, -0.1) is 11.6 Å². The van der Waals surface area contributed by atoms with Crippen LogP contribution in [0.1, 0.15) is 0 Å². The predicted molar refractivity (Wildman–Crippen MR) is 96.7 cm³/mol. The van der Waals surface area contributed by atoms with Gasteiger partial charge in [-0.25, -0.2) is 0 Å². The highest BCUT2D eigenvalue weighted by Crippen LogP contribution is 2.36. The van der Waals surface area contributed by atoms with Crippen molar-refractivity contribution >= 4 is 46.4 Å². The van der Waals surface area contributed by atoms with Gasteiger partial charge in [-0.1, -0.05) is 46.6 Å². The van der Waals surface area contributed by atoms with Crippen LogP contribution in [0.3, 0.4) is 0 Å². The van der Waals surface area contributed by atoms with Gasteiger partial charge in [0.15, 0.2) is 5.76 Å². The van der Waals surface area contributed by atoms with Crippen LogP contribution in [0.4, 0.5) is 5.69 Å². The van der Waals surface area contributed by atoms with Gasteiger partial charge in [0.05, 0.1) is 10.0 Å². The molecule has 0 saturated heterocycles. The maximum Gasteiger partial charge on any atom is 0.239 e. The fourth-order valence-corrected chi connectivity index (χ4v) is 2.87. The van der Waals surface area contributed by atoms with Crippen molar-refractivity contribution in [3.63, 3.8) is 0 Å². The van der Waals surface area contributed by atoms with Crippen LogP contribution in [0, 0.1) is 0 Å². The van der Waals surface area contributed by atoms with Crippen LogP contribution in [0.15, 0.2) is 53.1 Å². The van der Waals surface area contributed by atoms with E-state index in [0.717, 1.165) is 5.56 Å². The molecule has 3 aromatic rings. The number of halogens is 3. The van der Waals surface area contributed by atoms with E-state index in [2.05, 4.69) is 10.5 Å². The van der Waals surface area contributed by atoms with E-state index in [1.54, 1.807) is 42.5 Å². The molecule has 0 spiro atoms. The van der Waals surface area contributed by atoms with Gasteiger partial charge in [0.1, 0.15) is 11.6 Å². The number of hydrogen-bond acceptors (Lipinski definition) is 3. The Bertz CT molecular complexity index is 873. The quantitative estimate of drug-likeness (QED) is 0.608. The van der Waals surface area contributed by atoms with Crippen molar-refractivity contribution < 1.29 is 9.32 Å². The summed E-state index contributed by atoms with van der Waals surface area (Å²) in [5, 5.41) is 7.70. The lowest BCUT2D eigenvalue weighted by Gasteiger charge is -2.04. The predicted octanol–water partition coefficient (Wildman–Crippen LogP) is 5.49. The summed E-state index contributed by atoms with van der Waals surface area (Å²) in [5.41, 5.74) is 2.52. The molecule has 3 rings (SSSR count). The van der Waals surface area contributed by atoms with E-state index < -0.39 is 0 Å². The topological polar surface area (TPSA) is 55.1 Å². The van der Waals surface area contributed by atoms with Crippen molar-refractivity contribution in [1.29, 1.82) is 0 Å². The number of carbonyl (C=O) groups is 1.